The van der Waals surface area contributed by atoms with Gasteiger partial charge >= 0.3 is 5.43 Å². The monoisotopic (exact) mass is 218 g/mol. The van der Waals surface area contributed by atoms with Crippen LogP contribution in [0.25, 0.3) is 0 Å². The SMILES string of the molecule is COc1ccc(OC(=O)Cl)c(S)c1. The average molecular weight is 219 g/mol. The van der Waals surface area contributed by atoms with Crippen molar-refractivity contribution in [1.29, 1.82) is 0 Å². The Balaban J connectivity index is 2.91. The Bertz CT molecular complexity index is 327. The van der Waals surface area contributed by atoms with Gasteiger partial charge < -0.3 is 9.47 Å². The lowest BCUT2D eigenvalue weighted by Crippen LogP contribution is -1.97. The number of hydrogen-bond donors (Lipinski definition) is 1. The summed E-state index contributed by atoms with van der Waals surface area (Å²) in [5, 5.41) is 0. The van der Waals surface area contributed by atoms with Gasteiger partial charge in [0.05, 0.1) is 12.0 Å². The van der Waals surface area contributed by atoms with E-state index < -0.39 is 5.43 Å². The molecule has 1 rings (SSSR count). The van der Waals surface area contributed by atoms with Crippen molar-refractivity contribution in [1.82, 2.24) is 0 Å². The quantitative estimate of drug-likeness (QED) is 0.613. The van der Waals surface area contributed by atoms with E-state index in [-0.39, 0.29) is 0 Å². The van der Waals surface area contributed by atoms with Crippen LogP contribution in [0.3, 0.4) is 0 Å². The fourth-order valence-electron chi connectivity index (χ4n) is 0.797. The van der Waals surface area contributed by atoms with Crippen LogP contribution >= 0.6 is 24.2 Å². The summed E-state index contributed by atoms with van der Waals surface area (Å²) in [5.41, 5.74) is -0.888. The molecule has 0 heterocycles. The second-order valence-corrected chi connectivity index (χ2v) is 2.96. The van der Waals surface area contributed by atoms with Crippen molar-refractivity contribution >= 4 is 29.7 Å². The number of benzene rings is 1. The first-order chi connectivity index (χ1) is 6.13. The predicted molar refractivity (Wildman–Crippen MR) is 52.1 cm³/mol. The van der Waals surface area contributed by atoms with Crippen LogP contribution < -0.4 is 9.47 Å². The molecule has 0 unspecified atom stereocenters. The topological polar surface area (TPSA) is 35.5 Å². The number of halogens is 1. The minimum Gasteiger partial charge on any atom is -0.497 e. The standard InChI is InChI=1S/C8H7ClO3S/c1-11-5-2-3-6(7(13)4-5)12-8(9)10/h2-4,13H,1H3. The van der Waals surface area contributed by atoms with E-state index in [1.54, 1.807) is 18.2 Å². The van der Waals surface area contributed by atoms with Crippen molar-refractivity contribution in [3.63, 3.8) is 0 Å². The Labute approximate surface area is 86.0 Å². The molecule has 5 heteroatoms. The third kappa shape index (κ3) is 2.82. The van der Waals surface area contributed by atoms with Gasteiger partial charge in [-0.2, -0.15) is 0 Å². The van der Waals surface area contributed by atoms with Gasteiger partial charge in [0, 0.05) is 11.6 Å². The highest BCUT2D eigenvalue weighted by Gasteiger charge is 2.05. The molecule has 13 heavy (non-hydrogen) atoms. The highest BCUT2D eigenvalue weighted by molar-refractivity contribution is 7.80. The van der Waals surface area contributed by atoms with Gasteiger partial charge in [0.1, 0.15) is 11.5 Å². The molecule has 0 fully saturated rings. The van der Waals surface area contributed by atoms with Gasteiger partial charge in [-0.3, -0.25) is 0 Å². The van der Waals surface area contributed by atoms with E-state index in [4.69, 9.17) is 16.3 Å². The predicted octanol–water partition coefficient (Wildman–Crippen LogP) is 2.72. The maximum absolute atomic E-state index is 10.4. The van der Waals surface area contributed by atoms with Crippen LogP contribution in [0.5, 0.6) is 11.5 Å². The Kier molecular flexibility index (Phi) is 3.45. The van der Waals surface area contributed by atoms with Crippen LogP contribution in [0.4, 0.5) is 4.79 Å². The molecular weight excluding hydrogens is 212 g/mol. The van der Waals surface area contributed by atoms with Crippen LogP contribution in [0.2, 0.25) is 0 Å². The van der Waals surface area contributed by atoms with Crippen molar-refractivity contribution in [2.24, 2.45) is 0 Å². The van der Waals surface area contributed by atoms with Crippen LogP contribution in [0.1, 0.15) is 0 Å². The first-order valence-electron chi connectivity index (χ1n) is 3.38. The second-order valence-electron chi connectivity index (χ2n) is 2.17. The zero-order chi connectivity index (χ0) is 9.84. The van der Waals surface area contributed by atoms with Crippen molar-refractivity contribution in [2.45, 2.75) is 4.90 Å². The van der Waals surface area contributed by atoms with Crippen LogP contribution in [0, 0.1) is 0 Å². The zero-order valence-electron chi connectivity index (χ0n) is 6.78. The molecule has 3 nitrogen and oxygen atoms in total. The lowest BCUT2D eigenvalue weighted by molar-refractivity contribution is 0.224. The summed E-state index contributed by atoms with van der Waals surface area (Å²) >= 11 is 9.11. The molecule has 0 aromatic heterocycles. The maximum Gasteiger partial charge on any atom is 0.409 e. The lowest BCUT2D eigenvalue weighted by Gasteiger charge is -2.05. The Morgan fingerprint density at radius 2 is 2.23 bits per heavy atom. The number of hydrogen-bond acceptors (Lipinski definition) is 4. The van der Waals surface area contributed by atoms with Gasteiger partial charge in [0.2, 0.25) is 0 Å². The van der Waals surface area contributed by atoms with Crippen molar-refractivity contribution in [2.75, 3.05) is 7.11 Å². The van der Waals surface area contributed by atoms with Crippen LogP contribution in [0.15, 0.2) is 23.1 Å². The van der Waals surface area contributed by atoms with E-state index in [2.05, 4.69) is 17.4 Å². The summed E-state index contributed by atoms with van der Waals surface area (Å²) in [4.78, 5) is 10.9. The highest BCUT2D eigenvalue weighted by Crippen LogP contribution is 2.27. The number of ether oxygens (including phenoxy) is 2. The molecule has 0 aliphatic rings. The number of carbonyl (C=O) groups excluding carboxylic acids is 1. The van der Waals surface area contributed by atoms with E-state index >= 15 is 0 Å². The van der Waals surface area contributed by atoms with E-state index in [1.807, 2.05) is 0 Å². The molecule has 0 N–H and O–H groups in total. The molecule has 0 atom stereocenters. The van der Waals surface area contributed by atoms with Gasteiger partial charge in [0.25, 0.3) is 0 Å². The Morgan fingerprint density at radius 1 is 1.54 bits per heavy atom. The zero-order valence-corrected chi connectivity index (χ0v) is 8.43. The van der Waals surface area contributed by atoms with E-state index in [0.717, 1.165) is 0 Å². The van der Waals surface area contributed by atoms with Crippen LogP contribution in [-0.2, 0) is 0 Å². The Hall–Kier alpha value is -0.870. The number of carbonyl (C=O) groups is 1. The molecule has 0 amide bonds. The molecule has 0 radical (unpaired) electrons. The van der Waals surface area contributed by atoms with Crippen molar-refractivity contribution in [3.05, 3.63) is 18.2 Å². The summed E-state index contributed by atoms with van der Waals surface area (Å²) in [7, 11) is 1.54. The Morgan fingerprint density at radius 3 is 2.69 bits per heavy atom. The van der Waals surface area contributed by atoms with Crippen molar-refractivity contribution < 1.29 is 14.3 Å². The third-order valence-electron chi connectivity index (χ3n) is 1.36. The first-order valence-corrected chi connectivity index (χ1v) is 4.20. The minimum absolute atomic E-state index is 0.309. The molecule has 0 bridgehead atoms. The van der Waals surface area contributed by atoms with Crippen molar-refractivity contribution in [3.8, 4) is 11.5 Å². The second kappa shape index (κ2) is 4.39. The number of rotatable bonds is 2. The average Bonchev–Trinajstić information content (AvgIpc) is 2.08. The lowest BCUT2D eigenvalue weighted by atomic mass is 10.3. The maximum atomic E-state index is 10.4. The first kappa shape index (κ1) is 10.2. The van der Waals surface area contributed by atoms with Gasteiger partial charge in [-0.1, -0.05) is 0 Å². The molecule has 70 valence electrons. The summed E-state index contributed by atoms with van der Waals surface area (Å²) < 4.78 is 9.57. The number of thiol groups is 1. The summed E-state index contributed by atoms with van der Waals surface area (Å²) in [6.07, 6.45) is 0. The molecule has 0 aliphatic heterocycles. The molecule has 1 aromatic carbocycles. The smallest absolute Gasteiger partial charge is 0.409 e. The molecule has 0 saturated heterocycles. The third-order valence-corrected chi connectivity index (χ3v) is 1.78. The number of methoxy groups -OCH3 is 1. The molecule has 0 aliphatic carbocycles. The summed E-state index contributed by atoms with van der Waals surface area (Å²) in [6.45, 7) is 0. The molecule has 0 spiro atoms. The van der Waals surface area contributed by atoms with Gasteiger partial charge in [-0.05, 0) is 18.2 Å². The van der Waals surface area contributed by atoms with E-state index in [1.165, 1.54) is 7.11 Å². The molecule has 0 saturated carbocycles. The highest BCUT2D eigenvalue weighted by atomic mass is 35.5. The fraction of sp³-hybridized carbons (Fsp3) is 0.125. The normalized spacial score (nSPS) is 9.46. The van der Waals surface area contributed by atoms with Gasteiger partial charge in [-0.25, -0.2) is 4.79 Å². The molecular formula is C8H7ClO3S. The minimum atomic E-state index is -0.888. The van der Waals surface area contributed by atoms with E-state index in [9.17, 15) is 4.79 Å². The fourth-order valence-corrected chi connectivity index (χ4v) is 1.13. The largest absolute Gasteiger partial charge is 0.497 e. The molecule has 1 aromatic rings. The van der Waals surface area contributed by atoms with Gasteiger partial charge in [-0.15, -0.1) is 12.6 Å². The van der Waals surface area contributed by atoms with E-state index in [0.29, 0.717) is 16.4 Å². The van der Waals surface area contributed by atoms with Gasteiger partial charge in [0.15, 0.2) is 0 Å². The van der Waals surface area contributed by atoms with Crippen LogP contribution in [-0.4, -0.2) is 12.5 Å². The summed E-state index contributed by atoms with van der Waals surface area (Å²) in [6, 6.07) is 4.83. The summed E-state index contributed by atoms with van der Waals surface area (Å²) in [5.74, 6) is 0.948.